The van der Waals surface area contributed by atoms with Crippen LogP contribution in [0.5, 0.6) is 0 Å². The summed E-state index contributed by atoms with van der Waals surface area (Å²) in [6.07, 6.45) is 15.4. The van der Waals surface area contributed by atoms with Crippen LogP contribution >= 0.6 is 11.8 Å². The second-order valence-electron chi connectivity index (χ2n) is 10.6. The van der Waals surface area contributed by atoms with Gasteiger partial charge in [-0.15, -0.1) is 0 Å². The molecule has 0 bridgehead atoms. The van der Waals surface area contributed by atoms with Crippen molar-refractivity contribution >= 4 is 11.8 Å². The number of hydrogen-bond acceptors (Lipinski definition) is 4. The highest BCUT2D eigenvalue weighted by molar-refractivity contribution is 7.99. The van der Waals surface area contributed by atoms with E-state index >= 15 is 0 Å². The predicted molar refractivity (Wildman–Crippen MR) is 118 cm³/mol. The maximum atomic E-state index is 11.8. The van der Waals surface area contributed by atoms with E-state index in [1.54, 1.807) is 18.1 Å². The van der Waals surface area contributed by atoms with Gasteiger partial charge in [0.15, 0.2) is 0 Å². The molecule has 0 aliphatic heterocycles. The van der Waals surface area contributed by atoms with E-state index in [2.05, 4.69) is 19.9 Å². The molecule has 0 amide bonds. The second kappa shape index (κ2) is 7.17. The van der Waals surface area contributed by atoms with E-state index in [0.717, 1.165) is 36.5 Å². The Morgan fingerprint density at radius 3 is 2.72 bits per heavy atom. The molecule has 0 radical (unpaired) electrons. The van der Waals surface area contributed by atoms with Gasteiger partial charge in [0.25, 0.3) is 0 Å². The Morgan fingerprint density at radius 2 is 1.97 bits per heavy atom. The number of fused-ring (bicyclic) bond motifs is 5. The monoisotopic (exact) mass is 416 g/mol. The van der Waals surface area contributed by atoms with Crippen molar-refractivity contribution in [3.63, 3.8) is 0 Å². The lowest BCUT2D eigenvalue weighted by Crippen LogP contribution is -2.53. The number of thioether (sulfide) groups is 1. The molecule has 2 N–H and O–H groups in total. The Bertz CT molecular complexity index is 773. The number of hydrogen-bond donors (Lipinski definition) is 2. The lowest BCUT2D eigenvalue weighted by atomic mass is 9.47. The van der Waals surface area contributed by atoms with Crippen molar-refractivity contribution in [1.82, 2.24) is 0 Å². The quantitative estimate of drug-likeness (QED) is 0.634. The average molecular weight is 417 g/mol. The van der Waals surface area contributed by atoms with Gasteiger partial charge in [0, 0.05) is 22.0 Å². The van der Waals surface area contributed by atoms with Gasteiger partial charge in [0.05, 0.1) is 24.7 Å². The van der Waals surface area contributed by atoms with Crippen molar-refractivity contribution < 1.29 is 14.6 Å². The first-order chi connectivity index (χ1) is 13.9. The van der Waals surface area contributed by atoms with Crippen molar-refractivity contribution in [2.75, 3.05) is 12.4 Å². The van der Waals surface area contributed by atoms with Crippen LogP contribution in [0.3, 0.4) is 0 Å². The van der Waals surface area contributed by atoms with Gasteiger partial charge in [0.2, 0.25) is 0 Å². The third kappa shape index (κ3) is 2.85. The molecule has 4 heteroatoms. The van der Waals surface area contributed by atoms with E-state index in [9.17, 15) is 10.2 Å². The molecule has 5 rings (SSSR count). The van der Waals surface area contributed by atoms with Gasteiger partial charge in [-0.2, -0.15) is 11.8 Å². The maximum absolute atomic E-state index is 11.8. The van der Waals surface area contributed by atoms with Crippen molar-refractivity contribution in [2.45, 2.75) is 76.1 Å². The molecule has 1 heterocycles. The van der Waals surface area contributed by atoms with Crippen LogP contribution in [0.4, 0.5) is 0 Å². The van der Waals surface area contributed by atoms with Crippen LogP contribution < -0.4 is 0 Å². The minimum atomic E-state index is -0.737. The molecular formula is C25H36O3S. The Labute approximate surface area is 179 Å². The molecule has 160 valence electrons. The Balaban J connectivity index is 1.41. The number of allylic oxidation sites excluding steroid dienone is 2. The first kappa shape index (κ1) is 20.2. The van der Waals surface area contributed by atoms with E-state index < -0.39 is 5.60 Å². The largest absolute Gasteiger partial charge is 0.472 e. The highest BCUT2D eigenvalue weighted by atomic mass is 32.2. The molecule has 0 spiro atoms. The third-order valence-electron chi connectivity index (χ3n) is 9.65. The lowest BCUT2D eigenvalue weighted by Gasteiger charge is -2.59. The van der Waals surface area contributed by atoms with E-state index in [4.69, 9.17) is 4.42 Å². The van der Waals surface area contributed by atoms with Gasteiger partial charge in [-0.25, -0.2) is 0 Å². The molecule has 7 atom stereocenters. The summed E-state index contributed by atoms with van der Waals surface area (Å²) in [5.41, 5.74) is 2.25. The minimum Gasteiger partial charge on any atom is -0.472 e. The summed E-state index contributed by atoms with van der Waals surface area (Å²) < 4.78 is 5.36. The zero-order chi connectivity index (χ0) is 20.3. The molecule has 0 aromatic carbocycles. The Kier molecular flexibility index (Phi) is 5.00. The summed E-state index contributed by atoms with van der Waals surface area (Å²) in [4.78, 5) is 0. The standard InChI is InChI=1S/C25H36O3S/c1-23-9-5-19(29-14-12-26)15-17(23)3-4-20-21(23)6-10-24(2)22(20)7-11-25(24,27)18-8-13-28-16-18/h3,8,13,16,19-22,26-27H,4-7,9-12,14-15H2,1-2H3/t19?,20-,21-,22+,23+,24+,25?/m1/s1. The number of aliphatic hydroxyl groups excluding tert-OH is 1. The molecule has 4 aliphatic carbocycles. The van der Waals surface area contributed by atoms with Crippen molar-refractivity contribution in [2.24, 2.45) is 28.6 Å². The SMILES string of the molecule is C[C@]12CCC(SCCO)CC1=CC[C@@H]1[C@H]2CC[C@@]2(C)[C@H]1CCC2(O)c1ccoc1. The summed E-state index contributed by atoms with van der Waals surface area (Å²) in [6, 6.07) is 1.98. The summed E-state index contributed by atoms with van der Waals surface area (Å²) in [6.45, 7) is 5.20. The van der Waals surface area contributed by atoms with E-state index in [1.165, 1.54) is 32.1 Å². The summed E-state index contributed by atoms with van der Waals surface area (Å²) in [5, 5.41) is 21.7. The topological polar surface area (TPSA) is 53.6 Å². The molecule has 0 saturated heterocycles. The molecule has 3 saturated carbocycles. The first-order valence-electron chi connectivity index (χ1n) is 11.6. The molecule has 1 aromatic heterocycles. The van der Waals surface area contributed by atoms with Crippen LogP contribution in [0.25, 0.3) is 0 Å². The van der Waals surface area contributed by atoms with E-state index in [-0.39, 0.29) is 5.41 Å². The molecule has 3 nitrogen and oxygen atoms in total. The van der Waals surface area contributed by atoms with Crippen LogP contribution in [0.2, 0.25) is 0 Å². The number of furan rings is 1. The van der Waals surface area contributed by atoms with E-state index in [0.29, 0.717) is 29.1 Å². The molecule has 29 heavy (non-hydrogen) atoms. The minimum absolute atomic E-state index is 0.0477. The van der Waals surface area contributed by atoms with Crippen molar-refractivity contribution in [1.29, 1.82) is 0 Å². The van der Waals surface area contributed by atoms with Crippen LogP contribution in [-0.4, -0.2) is 27.8 Å². The maximum Gasteiger partial charge on any atom is 0.0983 e. The second-order valence-corrected chi connectivity index (χ2v) is 12.0. The van der Waals surface area contributed by atoms with Gasteiger partial charge in [-0.1, -0.05) is 25.5 Å². The van der Waals surface area contributed by atoms with Gasteiger partial charge >= 0.3 is 0 Å². The fourth-order valence-electron chi connectivity index (χ4n) is 7.98. The normalized spacial score (nSPS) is 46.6. The molecular weight excluding hydrogens is 380 g/mol. The predicted octanol–water partition coefficient (Wildman–Crippen LogP) is 5.52. The average Bonchev–Trinajstić information content (AvgIpc) is 3.34. The third-order valence-corrected chi connectivity index (χ3v) is 10.9. The molecule has 4 aliphatic rings. The summed E-state index contributed by atoms with van der Waals surface area (Å²) in [7, 11) is 0. The van der Waals surface area contributed by atoms with Gasteiger partial charge in [-0.05, 0) is 80.6 Å². The summed E-state index contributed by atoms with van der Waals surface area (Å²) in [5.74, 6) is 2.92. The zero-order valence-electron chi connectivity index (χ0n) is 17.9. The fraction of sp³-hybridized carbons (Fsp3) is 0.760. The number of aliphatic hydroxyl groups is 2. The van der Waals surface area contributed by atoms with Crippen LogP contribution in [-0.2, 0) is 5.60 Å². The van der Waals surface area contributed by atoms with Gasteiger partial charge < -0.3 is 14.6 Å². The zero-order valence-corrected chi connectivity index (χ0v) is 18.7. The van der Waals surface area contributed by atoms with Crippen LogP contribution in [0, 0.1) is 28.6 Å². The van der Waals surface area contributed by atoms with Gasteiger partial charge in [0.1, 0.15) is 0 Å². The Morgan fingerprint density at radius 1 is 1.14 bits per heavy atom. The molecule has 3 fully saturated rings. The highest BCUT2D eigenvalue weighted by Gasteiger charge is 2.64. The Hall–Kier alpha value is -0.710. The first-order valence-corrected chi connectivity index (χ1v) is 12.6. The van der Waals surface area contributed by atoms with E-state index in [1.807, 2.05) is 17.8 Å². The van der Waals surface area contributed by atoms with Crippen molar-refractivity contribution in [3.8, 4) is 0 Å². The molecule has 1 aromatic rings. The number of rotatable bonds is 4. The lowest BCUT2D eigenvalue weighted by molar-refractivity contribution is -0.128. The van der Waals surface area contributed by atoms with Crippen LogP contribution in [0.1, 0.15) is 70.8 Å². The summed E-state index contributed by atoms with van der Waals surface area (Å²) >= 11 is 1.96. The smallest absolute Gasteiger partial charge is 0.0983 e. The highest BCUT2D eigenvalue weighted by Crippen LogP contribution is 2.69. The van der Waals surface area contributed by atoms with Crippen molar-refractivity contribution in [3.05, 3.63) is 35.8 Å². The molecule has 2 unspecified atom stereocenters. The van der Waals surface area contributed by atoms with Crippen LogP contribution in [0.15, 0.2) is 34.7 Å². The van der Waals surface area contributed by atoms with Gasteiger partial charge in [-0.3, -0.25) is 0 Å². The fourth-order valence-corrected chi connectivity index (χ4v) is 9.00.